The molecule has 2 amide bonds. The van der Waals surface area contributed by atoms with E-state index in [0.29, 0.717) is 26.0 Å². The summed E-state index contributed by atoms with van der Waals surface area (Å²) in [4.78, 5) is 22.5. The molecule has 1 fully saturated rings. The Hall–Kier alpha value is -1.10. The van der Waals surface area contributed by atoms with Gasteiger partial charge in [-0.05, 0) is 12.3 Å². The first-order valence-electron chi connectivity index (χ1n) is 5.66. The molecule has 92 valence electrons. The minimum absolute atomic E-state index is 0.0331. The van der Waals surface area contributed by atoms with Crippen LogP contribution in [0, 0.1) is 5.92 Å². The van der Waals surface area contributed by atoms with E-state index in [1.54, 1.807) is 7.11 Å². The molecule has 5 heteroatoms. The zero-order valence-electron chi connectivity index (χ0n) is 9.91. The second-order valence-electron chi connectivity index (χ2n) is 4.37. The van der Waals surface area contributed by atoms with Gasteiger partial charge >= 0.3 is 0 Å². The number of amides is 2. The number of carbonyl (C=O) groups excluding carboxylic acids is 2. The van der Waals surface area contributed by atoms with Gasteiger partial charge in [-0.1, -0.05) is 6.92 Å². The van der Waals surface area contributed by atoms with E-state index in [-0.39, 0.29) is 23.8 Å². The molecule has 0 aromatic heterocycles. The maximum Gasteiger partial charge on any atom is 0.220 e. The maximum atomic E-state index is 11.6. The molecule has 0 aromatic rings. The van der Waals surface area contributed by atoms with Crippen molar-refractivity contribution in [2.24, 2.45) is 5.92 Å². The van der Waals surface area contributed by atoms with Crippen molar-refractivity contribution >= 4 is 11.8 Å². The average Bonchev–Trinajstić information content (AvgIpc) is 2.21. The number of piperidine rings is 1. The first-order valence-corrected chi connectivity index (χ1v) is 5.66. The van der Waals surface area contributed by atoms with Gasteiger partial charge in [0.2, 0.25) is 11.8 Å². The van der Waals surface area contributed by atoms with Crippen molar-refractivity contribution < 1.29 is 14.3 Å². The summed E-state index contributed by atoms with van der Waals surface area (Å²) in [5.74, 6) is 0.326. The van der Waals surface area contributed by atoms with Gasteiger partial charge in [-0.3, -0.25) is 9.59 Å². The lowest BCUT2D eigenvalue weighted by molar-refractivity contribution is -0.126. The zero-order chi connectivity index (χ0) is 12.0. The van der Waals surface area contributed by atoms with E-state index in [0.717, 1.165) is 6.42 Å². The van der Waals surface area contributed by atoms with E-state index in [4.69, 9.17) is 4.74 Å². The van der Waals surface area contributed by atoms with E-state index < -0.39 is 0 Å². The van der Waals surface area contributed by atoms with Crippen LogP contribution in [0.1, 0.15) is 26.2 Å². The highest BCUT2D eigenvalue weighted by Gasteiger charge is 2.20. The number of rotatable bonds is 5. The molecule has 0 aromatic carbocycles. The molecule has 0 bridgehead atoms. The molecule has 2 N–H and O–H groups in total. The Morgan fingerprint density at radius 2 is 2.44 bits per heavy atom. The lowest BCUT2D eigenvalue weighted by Crippen LogP contribution is -2.48. The number of hydrogen-bond donors (Lipinski definition) is 2. The summed E-state index contributed by atoms with van der Waals surface area (Å²) in [6.07, 6.45) is 1.70. The van der Waals surface area contributed by atoms with E-state index in [1.807, 2.05) is 6.92 Å². The van der Waals surface area contributed by atoms with Crippen LogP contribution < -0.4 is 10.6 Å². The number of hydrogen-bond acceptors (Lipinski definition) is 3. The lowest BCUT2D eigenvalue weighted by atomic mass is 10.1. The highest BCUT2D eigenvalue weighted by molar-refractivity contribution is 5.79. The number of nitrogens with one attached hydrogen (secondary N) is 2. The van der Waals surface area contributed by atoms with Gasteiger partial charge in [0.1, 0.15) is 0 Å². The quantitative estimate of drug-likeness (QED) is 0.699. The summed E-state index contributed by atoms with van der Waals surface area (Å²) in [7, 11) is 1.63. The second kappa shape index (κ2) is 6.48. The molecule has 16 heavy (non-hydrogen) atoms. The standard InChI is InChI=1S/C11H20N2O3/c1-8(7-16-2)5-11(15)13-9-3-4-10(14)12-6-9/h8-9H,3-7H2,1-2H3,(H,12,14)(H,13,15). The van der Waals surface area contributed by atoms with E-state index in [9.17, 15) is 9.59 Å². The molecule has 1 saturated heterocycles. The third-order valence-corrected chi connectivity index (χ3v) is 2.62. The van der Waals surface area contributed by atoms with Crippen LogP contribution in [0.5, 0.6) is 0 Å². The van der Waals surface area contributed by atoms with Gasteiger partial charge in [-0.15, -0.1) is 0 Å². The van der Waals surface area contributed by atoms with Crippen molar-refractivity contribution in [2.75, 3.05) is 20.3 Å². The fourth-order valence-corrected chi connectivity index (χ4v) is 1.80. The third-order valence-electron chi connectivity index (χ3n) is 2.62. The fraction of sp³-hybridized carbons (Fsp3) is 0.818. The van der Waals surface area contributed by atoms with Crippen LogP contribution in [-0.2, 0) is 14.3 Å². The van der Waals surface area contributed by atoms with Crippen molar-refractivity contribution in [3.05, 3.63) is 0 Å². The summed E-state index contributed by atoms with van der Waals surface area (Å²) in [6, 6.07) is 0.0833. The molecule has 1 aliphatic rings. The Bertz CT molecular complexity index is 246. The van der Waals surface area contributed by atoms with Crippen molar-refractivity contribution in [1.29, 1.82) is 0 Å². The molecular formula is C11H20N2O3. The van der Waals surface area contributed by atoms with Crippen LogP contribution in [0.25, 0.3) is 0 Å². The number of ether oxygens (including phenoxy) is 1. The van der Waals surface area contributed by atoms with Gasteiger partial charge in [0.15, 0.2) is 0 Å². The SMILES string of the molecule is COCC(C)CC(=O)NC1CCC(=O)NC1. The van der Waals surface area contributed by atoms with Crippen LogP contribution >= 0.6 is 0 Å². The predicted octanol–water partition coefficient (Wildman–Crippen LogP) is 0.0538. The van der Waals surface area contributed by atoms with Crippen LogP contribution in [0.2, 0.25) is 0 Å². The highest BCUT2D eigenvalue weighted by atomic mass is 16.5. The molecule has 1 aliphatic heterocycles. The van der Waals surface area contributed by atoms with Crippen LogP contribution in [-0.4, -0.2) is 38.1 Å². The Kier molecular flexibility index (Phi) is 5.25. The molecular weight excluding hydrogens is 208 g/mol. The largest absolute Gasteiger partial charge is 0.384 e. The topological polar surface area (TPSA) is 67.4 Å². The van der Waals surface area contributed by atoms with Gasteiger partial charge in [0.05, 0.1) is 0 Å². The number of methoxy groups -OCH3 is 1. The minimum Gasteiger partial charge on any atom is -0.384 e. The van der Waals surface area contributed by atoms with Crippen molar-refractivity contribution in [1.82, 2.24) is 10.6 Å². The highest BCUT2D eigenvalue weighted by Crippen LogP contribution is 2.05. The average molecular weight is 228 g/mol. The number of carbonyl (C=O) groups is 2. The molecule has 0 aliphatic carbocycles. The Morgan fingerprint density at radius 1 is 1.69 bits per heavy atom. The maximum absolute atomic E-state index is 11.6. The van der Waals surface area contributed by atoms with Crippen molar-refractivity contribution in [3.63, 3.8) is 0 Å². The van der Waals surface area contributed by atoms with Gasteiger partial charge in [0, 0.05) is 39.1 Å². The molecule has 0 spiro atoms. The fourth-order valence-electron chi connectivity index (χ4n) is 1.80. The monoisotopic (exact) mass is 228 g/mol. The Labute approximate surface area is 95.9 Å². The van der Waals surface area contributed by atoms with Gasteiger partial charge < -0.3 is 15.4 Å². The molecule has 0 saturated carbocycles. The summed E-state index contributed by atoms with van der Waals surface area (Å²) < 4.78 is 4.97. The van der Waals surface area contributed by atoms with Gasteiger partial charge in [-0.25, -0.2) is 0 Å². The van der Waals surface area contributed by atoms with E-state index in [2.05, 4.69) is 10.6 Å². The minimum atomic E-state index is 0.0331. The summed E-state index contributed by atoms with van der Waals surface area (Å²) in [5, 5.41) is 5.66. The predicted molar refractivity (Wildman–Crippen MR) is 59.8 cm³/mol. The van der Waals surface area contributed by atoms with Crippen LogP contribution in [0.3, 0.4) is 0 Å². The first kappa shape index (κ1) is 13.0. The van der Waals surface area contributed by atoms with Crippen LogP contribution in [0.4, 0.5) is 0 Å². The van der Waals surface area contributed by atoms with Crippen molar-refractivity contribution in [3.8, 4) is 0 Å². The van der Waals surface area contributed by atoms with Gasteiger partial charge in [-0.2, -0.15) is 0 Å². The second-order valence-corrected chi connectivity index (χ2v) is 4.37. The zero-order valence-corrected chi connectivity index (χ0v) is 9.91. The lowest BCUT2D eigenvalue weighted by Gasteiger charge is -2.24. The smallest absolute Gasteiger partial charge is 0.220 e. The molecule has 1 rings (SSSR count). The first-order chi connectivity index (χ1) is 7.61. The molecule has 5 nitrogen and oxygen atoms in total. The van der Waals surface area contributed by atoms with Gasteiger partial charge in [0.25, 0.3) is 0 Å². The van der Waals surface area contributed by atoms with E-state index >= 15 is 0 Å². The summed E-state index contributed by atoms with van der Waals surface area (Å²) in [6.45, 7) is 3.11. The Morgan fingerprint density at radius 3 is 3.00 bits per heavy atom. The molecule has 1 heterocycles. The summed E-state index contributed by atoms with van der Waals surface area (Å²) in [5.41, 5.74) is 0. The molecule has 2 atom stereocenters. The summed E-state index contributed by atoms with van der Waals surface area (Å²) >= 11 is 0. The normalized spacial score (nSPS) is 22.4. The van der Waals surface area contributed by atoms with E-state index in [1.165, 1.54) is 0 Å². The van der Waals surface area contributed by atoms with Crippen molar-refractivity contribution in [2.45, 2.75) is 32.2 Å². The third kappa shape index (κ3) is 4.61. The molecule has 0 radical (unpaired) electrons. The molecule has 2 unspecified atom stereocenters. The van der Waals surface area contributed by atoms with Crippen LogP contribution in [0.15, 0.2) is 0 Å². The Balaban J connectivity index is 2.21.